The van der Waals surface area contributed by atoms with E-state index in [2.05, 4.69) is 10.6 Å². The van der Waals surface area contributed by atoms with Gasteiger partial charge in [-0.15, -0.1) is 0 Å². The molecule has 0 bridgehead atoms. The quantitative estimate of drug-likeness (QED) is 0.626. The van der Waals surface area contributed by atoms with E-state index in [0.717, 1.165) is 17.8 Å². The van der Waals surface area contributed by atoms with Crippen LogP contribution in [0.15, 0.2) is 48.5 Å². The summed E-state index contributed by atoms with van der Waals surface area (Å²) in [4.78, 5) is 22.7. The van der Waals surface area contributed by atoms with Crippen LogP contribution in [0.3, 0.4) is 0 Å². The van der Waals surface area contributed by atoms with Gasteiger partial charge in [0.2, 0.25) is 0 Å². The lowest BCUT2D eigenvalue weighted by molar-refractivity contribution is -0.141. The Morgan fingerprint density at radius 2 is 1.07 bits per heavy atom. The van der Waals surface area contributed by atoms with Crippen molar-refractivity contribution >= 4 is 23.3 Å². The summed E-state index contributed by atoms with van der Waals surface area (Å²) in [5, 5.41) is 6.08. The standard InChI is InChI=1S/C21H26N2O4/c1-3-26-20(24)14-22-18-9-5-16(6-10-18)13-17-7-11-19(12-8-17)23-15-21(25)27-4-2/h5-12,22-23H,3-4,13-15H2,1-2H3. The van der Waals surface area contributed by atoms with Gasteiger partial charge in [-0.1, -0.05) is 24.3 Å². The molecule has 2 aromatic rings. The molecular weight excluding hydrogens is 344 g/mol. The molecule has 2 aromatic carbocycles. The molecule has 6 nitrogen and oxygen atoms in total. The molecule has 6 heteroatoms. The van der Waals surface area contributed by atoms with Crippen molar-refractivity contribution in [1.29, 1.82) is 0 Å². The Morgan fingerprint density at radius 3 is 1.41 bits per heavy atom. The summed E-state index contributed by atoms with van der Waals surface area (Å²) in [5.41, 5.74) is 4.10. The second-order valence-electron chi connectivity index (χ2n) is 5.89. The number of hydrogen-bond donors (Lipinski definition) is 2. The van der Waals surface area contributed by atoms with Crippen LogP contribution in [-0.4, -0.2) is 38.2 Å². The Morgan fingerprint density at radius 1 is 0.704 bits per heavy atom. The molecule has 0 aliphatic heterocycles. The fourth-order valence-corrected chi connectivity index (χ4v) is 2.49. The maximum Gasteiger partial charge on any atom is 0.325 e. The third-order valence-corrected chi connectivity index (χ3v) is 3.80. The van der Waals surface area contributed by atoms with Crippen LogP contribution < -0.4 is 10.6 Å². The zero-order valence-electron chi connectivity index (χ0n) is 15.8. The smallest absolute Gasteiger partial charge is 0.325 e. The number of carbonyl (C=O) groups is 2. The third kappa shape index (κ3) is 7.40. The summed E-state index contributed by atoms with van der Waals surface area (Å²) in [6.45, 7) is 4.67. The lowest BCUT2D eigenvalue weighted by atomic mass is 10.0. The van der Waals surface area contributed by atoms with E-state index < -0.39 is 0 Å². The summed E-state index contributed by atoms with van der Waals surface area (Å²) in [5.74, 6) is -0.531. The summed E-state index contributed by atoms with van der Waals surface area (Å²) in [6.07, 6.45) is 0.802. The molecule has 144 valence electrons. The van der Waals surface area contributed by atoms with Crippen molar-refractivity contribution in [1.82, 2.24) is 0 Å². The maximum absolute atomic E-state index is 11.4. The monoisotopic (exact) mass is 370 g/mol. The van der Waals surface area contributed by atoms with Crippen molar-refractivity contribution in [3.05, 3.63) is 59.7 Å². The maximum atomic E-state index is 11.4. The number of nitrogens with one attached hydrogen (secondary N) is 2. The minimum atomic E-state index is -0.266. The van der Waals surface area contributed by atoms with Gasteiger partial charge in [0.25, 0.3) is 0 Å². The van der Waals surface area contributed by atoms with Crippen LogP contribution in [0.2, 0.25) is 0 Å². The Bertz CT molecular complexity index is 663. The molecule has 0 aromatic heterocycles. The van der Waals surface area contributed by atoms with Crippen molar-refractivity contribution in [3.8, 4) is 0 Å². The zero-order chi connectivity index (χ0) is 19.5. The van der Waals surface area contributed by atoms with Crippen molar-refractivity contribution in [3.63, 3.8) is 0 Å². The molecule has 0 fully saturated rings. The van der Waals surface area contributed by atoms with E-state index in [0.29, 0.717) is 13.2 Å². The van der Waals surface area contributed by atoms with Crippen LogP contribution in [0, 0.1) is 0 Å². The van der Waals surface area contributed by atoms with Gasteiger partial charge in [0, 0.05) is 11.4 Å². The predicted octanol–water partition coefficient (Wildman–Crippen LogP) is 3.23. The molecule has 0 unspecified atom stereocenters. The van der Waals surface area contributed by atoms with E-state index in [1.165, 1.54) is 11.1 Å². The number of benzene rings is 2. The fraction of sp³-hybridized carbons (Fsp3) is 0.333. The van der Waals surface area contributed by atoms with Crippen molar-refractivity contribution in [2.75, 3.05) is 36.9 Å². The molecule has 0 heterocycles. The molecule has 0 aliphatic rings. The molecule has 0 radical (unpaired) electrons. The van der Waals surface area contributed by atoms with E-state index in [9.17, 15) is 9.59 Å². The average Bonchev–Trinajstić information content (AvgIpc) is 2.67. The Labute approximate surface area is 159 Å². The normalized spacial score (nSPS) is 10.1. The topological polar surface area (TPSA) is 76.7 Å². The molecule has 0 saturated carbocycles. The first kappa shape index (κ1) is 20.3. The fourth-order valence-electron chi connectivity index (χ4n) is 2.49. The molecule has 27 heavy (non-hydrogen) atoms. The van der Waals surface area contributed by atoms with Gasteiger partial charge >= 0.3 is 11.9 Å². The van der Waals surface area contributed by atoms with Gasteiger partial charge in [-0.2, -0.15) is 0 Å². The second-order valence-corrected chi connectivity index (χ2v) is 5.89. The predicted molar refractivity (Wildman–Crippen MR) is 106 cm³/mol. The van der Waals surface area contributed by atoms with Gasteiger partial charge in [-0.05, 0) is 55.7 Å². The lowest BCUT2D eigenvalue weighted by Crippen LogP contribution is -2.16. The number of hydrogen-bond acceptors (Lipinski definition) is 6. The third-order valence-electron chi connectivity index (χ3n) is 3.80. The Kier molecular flexibility index (Phi) is 8.16. The molecule has 2 N–H and O–H groups in total. The van der Waals surface area contributed by atoms with E-state index >= 15 is 0 Å². The molecule has 0 aliphatic carbocycles. The number of ether oxygens (including phenoxy) is 2. The lowest BCUT2D eigenvalue weighted by Gasteiger charge is -2.09. The zero-order valence-corrected chi connectivity index (χ0v) is 15.8. The first-order chi connectivity index (χ1) is 13.1. The van der Waals surface area contributed by atoms with Crippen LogP contribution in [-0.2, 0) is 25.5 Å². The van der Waals surface area contributed by atoms with E-state index in [4.69, 9.17) is 9.47 Å². The van der Waals surface area contributed by atoms with E-state index in [1.54, 1.807) is 13.8 Å². The SMILES string of the molecule is CCOC(=O)CNc1ccc(Cc2ccc(NCC(=O)OCC)cc2)cc1. The minimum Gasteiger partial charge on any atom is -0.465 e. The molecule has 2 rings (SSSR count). The molecule has 0 atom stereocenters. The molecule has 0 saturated heterocycles. The van der Waals surface area contributed by atoms with Gasteiger partial charge in [0.15, 0.2) is 0 Å². The highest BCUT2D eigenvalue weighted by Crippen LogP contribution is 2.16. The van der Waals surface area contributed by atoms with Gasteiger partial charge < -0.3 is 20.1 Å². The largest absolute Gasteiger partial charge is 0.465 e. The van der Waals surface area contributed by atoms with Gasteiger partial charge in [0.1, 0.15) is 13.1 Å². The summed E-state index contributed by atoms with van der Waals surface area (Å²) < 4.78 is 9.77. The summed E-state index contributed by atoms with van der Waals surface area (Å²) in [6, 6.07) is 15.9. The number of esters is 2. The van der Waals surface area contributed by atoms with Crippen LogP contribution in [0.1, 0.15) is 25.0 Å². The van der Waals surface area contributed by atoms with Gasteiger partial charge in [-0.25, -0.2) is 0 Å². The molecule has 0 amide bonds. The second kappa shape index (κ2) is 10.9. The number of anilines is 2. The number of carbonyl (C=O) groups excluding carboxylic acids is 2. The number of rotatable bonds is 10. The van der Waals surface area contributed by atoms with Crippen molar-refractivity contribution in [2.45, 2.75) is 20.3 Å². The van der Waals surface area contributed by atoms with Crippen LogP contribution in [0.25, 0.3) is 0 Å². The van der Waals surface area contributed by atoms with Crippen LogP contribution in [0.4, 0.5) is 11.4 Å². The highest BCUT2D eigenvalue weighted by atomic mass is 16.5. The highest BCUT2D eigenvalue weighted by Gasteiger charge is 2.03. The van der Waals surface area contributed by atoms with E-state index in [1.807, 2.05) is 48.5 Å². The summed E-state index contributed by atoms with van der Waals surface area (Å²) in [7, 11) is 0. The van der Waals surface area contributed by atoms with Crippen LogP contribution >= 0.6 is 0 Å². The molecular formula is C21H26N2O4. The first-order valence-corrected chi connectivity index (χ1v) is 9.07. The minimum absolute atomic E-state index is 0.160. The van der Waals surface area contributed by atoms with Crippen molar-refractivity contribution < 1.29 is 19.1 Å². The van der Waals surface area contributed by atoms with Gasteiger partial charge in [-0.3, -0.25) is 9.59 Å². The summed E-state index contributed by atoms with van der Waals surface area (Å²) >= 11 is 0. The van der Waals surface area contributed by atoms with E-state index in [-0.39, 0.29) is 25.0 Å². The first-order valence-electron chi connectivity index (χ1n) is 9.07. The highest BCUT2D eigenvalue weighted by molar-refractivity contribution is 5.75. The van der Waals surface area contributed by atoms with Crippen LogP contribution in [0.5, 0.6) is 0 Å². The Hall–Kier alpha value is -3.02. The van der Waals surface area contributed by atoms with Gasteiger partial charge in [0.05, 0.1) is 13.2 Å². The van der Waals surface area contributed by atoms with Crippen molar-refractivity contribution in [2.24, 2.45) is 0 Å². The molecule has 0 spiro atoms. The Balaban J connectivity index is 1.82. The average molecular weight is 370 g/mol.